The van der Waals surface area contributed by atoms with Crippen LogP contribution in [0, 0.1) is 23.7 Å². The zero-order valence-electron chi connectivity index (χ0n) is 36.2. The third-order valence-electron chi connectivity index (χ3n) is 15.0. The fourth-order valence-electron chi connectivity index (χ4n) is 12.5. The smallest absolute Gasteiger partial charge is 0.207 e. The summed E-state index contributed by atoms with van der Waals surface area (Å²) in [6, 6.07) is 68.2. The molecule has 2 heterocycles. The van der Waals surface area contributed by atoms with Gasteiger partial charge in [0.05, 0.1) is 20.8 Å². The van der Waals surface area contributed by atoms with Crippen molar-refractivity contribution in [2.24, 2.45) is 23.7 Å². The van der Waals surface area contributed by atoms with Gasteiger partial charge in [-0.25, -0.2) is 8.42 Å². The molecule has 2 bridgehead atoms. The third kappa shape index (κ3) is 5.97. The van der Waals surface area contributed by atoms with Gasteiger partial charge in [0, 0.05) is 38.9 Å². The first kappa shape index (κ1) is 38.9. The summed E-state index contributed by atoms with van der Waals surface area (Å²) in [5.74, 6) is 2.02. The van der Waals surface area contributed by atoms with Gasteiger partial charge in [-0.05, 0) is 149 Å². The summed E-state index contributed by atoms with van der Waals surface area (Å²) in [5, 5.41) is 2.50. The molecule has 4 nitrogen and oxygen atoms in total. The second kappa shape index (κ2) is 15.0. The van der Waals surface area contributed by atoms with Crippen LogP contribution in [0.25, 0.3) is 49.7 Å². The molecule has 314 valence electrons. The second-order valence-corrected chi connectivity index (χ2v) is 20.7. The van der Waals surface area contributed by atoms with Crippen LogP contribution in [0.1, 0.15) is 50.7 Å². The van der Waals surface area contributed by atoms with Crippen LogP contribution in [0.4, 0.5) is 17.1 Å². The Morgan fingerprint density at radius 1 is 0.453 bits per heavy atom. The lowest BCUT2D eigenvalue weighted by molar-refractivity contribution is 0.0231. The van der Waals surface area contributed by atoms with Gasteiger partial charge in [0.1, 0.15) is 0 Å². The number of hydrogen-bond acceptors (Lipinski definition) is 3. The molecule has 8 aromatic carbocycles. The van der Waals surface area contributed by atoms with E-state index in [1.165, 1.54) is 21.8 Å². The first-order valence-corrected chi connectivity index (χ1v) is 24.4. The number of anilines is 3. The van der Waals surface area contributed by atoms with Crippen LogP contribution in [0.2, 0.25) is 0 Å². The highest BCUT2D eigenvalue weighted by molar-refractivity contribution is 7.91. The van der Waals surface area contributed by atoms with Crippen molar-refractivity contribution in [3.05, 3.63) is 205 Å². The number of sulfone groups is 1. The first-order chi connectivity index (χ1) is 31.3. The number of aromatic nitrogens is 1. The zero-order chi connectivity index (χ0) is 43.2. The Morgan fingerprint density at radius 2 is 0.891 bits per heavy atom. The van der Waals surface area contributed by atoms with Gasteiger partial charge in [0.25, 0.3) is 0 Å². The lowest BCUT2D eigenvalue weighted by atomic mass is 9.46. The molecule has 64 heavy (non-hydrogen) atoms. The van der Waals surface area contributed by atoms with Gasteiger partial charge in [0.15, 0.2) is 0 Å². The molecule has 3 aliphatic rings. The summed E-state index contributed by atoms with van der Waals surface area (Å²) in [5.41, 5.74) is 12.5. The second-order valence-electron chi connectivity index (χ2n) is 18.8. The minimum Gasteiger partial charge on any atom is -0.310 e. The Bertz CT molecular complexity index is 3250. The standard InChI is InChI=1S/C59H50N2O2S/c1-39-34-45-36-40(2)37-46(35-39)59(45)53-16-8-11-19-57(53)64(62,63)58-38-50(32-33-54(58)59)60(47-26-20-42(21-27-47)41-12-4-3-5-13-41)48-28-22-43(23-29-48)44-24-30-49(31-25-44)61-55-17-9-6-14-51(55)52-15-7-10-18-56(52)61/h3-33,38-40,45-46H,34-37H2,1-2H3/t39-,40+,45+,46-,59?. The monoisotopic (exact) mass is 850 g/mol. The average molecular weight is 851 g/mol. The predicted molar refractivity (Wildman–Crippen MR) is 263 cm³/mol. The SMILES string of the molecule is C[C@H]1C[C@@H]2C[C@@H](C)C[C@H](C1)C21c2ccccc2S(=O)(=O)c2cc(N(c3ccc(-c4ccccc4)cc3)c3ccc(-c4ccc(-n5c6ccccc6c6ccccc65)cc4)cc3)ccc21. The van der Waals surface area contributed by atoms with E-state index in [0.717, 1.165) is 81.8 Å². The van der Waals surface area contributed by atoms with Gasteiger partial charge >= 0.3 is 0 Å². The number of benzene rings is 8. The Kier molecular flexibility index (Phi) is 9.10. The van der Waals surface area contributed by atoms with Crippen LogP contribution in [0.3, 0.4) is 0 Å². The molecule has 2 saturated carbocycles. The fourth-order valence-corrected chi connectivity index (χ4v) is 14.3. The summed E-state index contributed by atoms with van der Waals surface area (Å²) in [4.78, 5) is 3.18. The van der Waals surface area contributed by atoms with Crippen LogP contribution in [0.15, 0.2) is 204 Å². The molecule has 2 fully saturated rings. The number of fused-ring (bicyclic) bond motifs is 5. The van der Waals surface area contributed by atoms with Crippen molar-refractivity contribution in [3.63, 3.8) is 0 Å². The summed E-state index contributed by atoms with van der Waals surface area (Å²) in [6.45, 7) is 4.79. The fraction of sp³-hybridized carbons (Fsp3) is 0.186. The van der Waals surface area contributed by atoms with E-state index in [-0.39, 0.29) is 5.41 Å². The first-order valence-electron chi connectivity index (χ1n) is 22.9. The average Bonchev–Trinajstić information content (AvgIpc) is 3.66. The number of para-hydroxylation sites is 2. The maximum Gasteiger partial charge on any atom is 0.207 e. The zero-order valence-corrected chi connectivity index (χ0v) is 37.0. The molecular formula is C59H50N2O2S. The van der Waals surface area contributed by atoms with Gasteiger partial charge in [0.2, 0.25) is 9.84 Å². The molecule has 12 rings (SSSR count). The molecule has 2 aliphatic carbocycles. The van der Waals surface area contributed by atoms with Gasteiger partial charge in [-0.1, -0.05) is 141 Å². The van der Waals surface area contributed by atoms with Crippen molar-refractivity contribution in [1.82, 2.24) is 4.57 Å². The Balaban J connectivity index is 0.964. The summed E-state index contributed by atoms with van der Waals surface area (Å²) in [6.07, 6.45) is 4.47. The Hall–Kier alpha value is -6.69. The third-order valence-corrected chi connectivity index (χ3v) is 16.9. The molecular weight excluding hydrogens is 801 g/mol. The maximum absolute atomic E-state index is 15.0. The van der Waals surface area contributed by atoms with Crippen LogP contribution in [-0.2, 0) is 15.3 Å². The van der Waals surface area contributed by atoms with Crippen molar-refractivity contribution in [2.45, 2.75) is 54.7 Å². The van der Waals surface area contributed by atoms with Crippen LogP contribution in [0.5, 0.6) is 0 Å². The number of hydrogen-bond donors (Lipinski definition) is 0. The minimum absolute atomic E-state index is 0.324. The largest absolute Gasteiger partial charge is 0.310 e. The van der Waals surface area contributed by atoms with Crippen molar-refractivity contribution < 1.29 is 8.42 Å². The predicted octanol–water partition coefficient (Wildman–Crippen LogP) is 15.1. The normalized spacial score (nSPS) is 22.0. The van der Waals surface area contributed by atoms with E-state index in [4.69, 9.17) is 0 Å². The van der Waals surface area contributed by atoms with E-state index in [9.17, 15) is 0 Å². The Labute approximate surface area is 376 Å². The van der Waals surface area contributed by atoms with Crippen LogP contribution in [-0.4, -0.2) is 13.0 Å². The lowest BCUT2D eigenvalue weighted by Crippen LogP contribution is -2.54. The topological polar surface area (TPSA) is 42.3 Å². The van der Waals surface area contributed by atoms with Crippen LogP contribution < -0.4 is 4.90 Å². The van der Waals surface area contributed by atoms with E-state index in [2.05, 4.69) is 193 Å². The van der Waals surface area contributed by atoms with Crippen LogP contribution >= 0.6 is 0 Å². The Morgan fingerprint density at radius 3 is 1.45 bits per heavy atom. The molecule has 0 N–H and O–H groups in total. The molecule has 9 aromatic rings. The van der Waals surface area contributed by atoms with E-state index in [1.54, 1.807) is 0 Å². The molecule has 0 unspecified atom stereocenters. The molecule has 1 aliphatic heterocycles. The molecule has 5 heteroatoms. The van der Waals surface area contributed by atoms with E-state index < -0.39 is 9.84 Å². The highest BCUT2D eigenvalue weighted by atomic mass is 32.2. The van der Waals surface area contributed by atoms with Crippen molar-refractivity contribution >= 4 is 48.7 Å². The number of rotatable bonds is 6. The van der Waals surface area contributed by atoms with E-state index >= 15 is 8.42 Å². The van der Waals surface area contributed by atoms with E-state index in [1.807, 2.05) is 24.3 Å². The van der Waals surface area contributed by atoms with Crippen molar-refractivity contribution in [1.29, 1.82) is 0 Å². The quantitative estimate of drug-likeness (QED) is 0.167. The molecule has 0 amide bonds. The van der Waals surface area contributed by atoms with Gasteiger partial charge in [-0.3, -0.25) is 0 Å². The van der Waals surface area contributed by atoms with E-state index in [0.29, 0.717) is 33.5 Å². The van der Waals surface area contributed by atoms with Crippen molar-refractivity contribution in [2.75, 3.05) is 4.90 Å². The summed E-state index contributed by atoms with van der Waals surface area (Å²) < 4.78 is 32.4. The molecule has 1 spiro atoms. The highest BCUT2D eigenvalue weighted by Gasteiger charge is 2.59. The lowest BCUT2D eigenvalue weighted by Gasteiger charge is -2.59. The highest BCUT2D eigenvalue weighted by Crippen LogP contribution is 2.64. The summed E-state index contributed by atoms with van der Waals surface area (Å²) in [7, 11) is -3.81. The molecule has 0 radical (unpaired) electrons. The molecule has 1 aromatic heterocycles. The van der Waals surface area contributed by atoms with Crippen molar-refractivity contribution in [3.8, 4) is 27.9 Å². The van der Waals surface area contributed by atoms with Gasteiger partial charge < -0.3 is 9.47 Å². The summed E-state index contributed by atoms with van der Waals surface area (Å²) >= 11 is 0. The number of nitrogens with zero attached hydrogens (tertiary/aromatic N) is 2. The van der Waals surface area contributed by atoms with Gasteiger partial charge in [-0.2, -0.15) is 0 Å². The molecule has 0 atom stereocenters. The molecule has 0 saturated heterocycles. The minimum atomic E-state index is -3.81. The maximum atomic E-state index is 15.0. The van der Waals surface area contributed by atoms with Gasteiger partial charge in [-0.15, -0.1) is 0 Å².